The largest absolute Gasteiger partial charge is 0.497 e. The van der Waals surface area contributed by atoms with Crippen molar-refractivity contribution in [3.05, 3.63) is 34.5 Å². The molecule has 5 rings (SSSR count). The van der Waals surface area contributed by atoms with Crippen LogP contribution in [-0.2, 0) is 17.6 Å². The smallest absolute Gasteiger partial charge is 0.234 e. The second-order valence-electron chi connectivity index (χ2n) is 8.56. The molecule has 10 heteroatoms. The number of hydrogen-bond acceptors (Lipinski definition) is 8. The molecule has 3 aromatic heterocycles. The number of anilines is 1. The lowest BCUT2D eigenvalue weighted by Gasteiger charge is -2.13. The first kappa shape index (κ1) is 22.9. The van der Waals surface area contributed by atoms with Gasteiger partial charge < -0.3 is 14.8 Å². The molecule has 34 heavy (non-hydrogen) atoms. The molecule has 3 heterocycles. The van der Waals surface area contributed by atoms with Crippen LogP contribution in [0.3, 0.4) is 0 Å². The topological polar surface area (TPSA) is 90.6 Å². The highest BCUT2D eigenvalue weighted by molar-refractivity contribution is 7.99. The molecular weight excluding hydrogens is 470 g/mol. The fourth-order valence-electron chi connectivity index (χ4n) is 4.35. The summed E-state index contributed by atoms with van der Waals surface area (Å²) in [5.41, 5.74) is 2.83. The van der Waals surface area contributed by atoms with Gasteiger partial charge in [0.25, 0.3) is 0 Å². The van der Waals surface area contributed by atoms with Crippen molar-refractivity contribution in [3.8, 4) is 11.5 Å². The number of fused-ring (bicyclic) bond motifs is 5. The molecule has 0 saturated carbocycles. The molecular formula is C24H27N5O3S2. The zero-order chi connectivity index (χ0) is 23.8. The van der Waals surface area contributed by atoms with Crippen LogP contribution in [0.2, 0.25) is 0 Å². The Morgan fingerprint density at radius 3 is 2.79 bits per heavy atom. The van der Waals surface area contributed by atoms with E-state index >= 15 is 0 Å². The Morgan fingerprint density at radius 2 is 2.03 bits per heavy atom. The van der Waals surface area contributed by atoms with Crippen molar-refractivity contribution in [2.75, 3.05) is 25.3 Å². The highest BCUT2D eigenvalue weighted by Gasteiger charge is 2.24. The molecule has 0 unspecified atom stereocenters. The summed E-state index contributed by atoms with van der Waals surface area (Å²) in [4.78, 5) is 20.3. The summed E-state index contributed by atoms with van der Waals surface area (Å²) in [6.45, 7) is 4.25. The van der Waals surface area contributed by atoms with Gasteiger partial charge in [0, 0.05) is 16.9 Å². The average Bonchev–Trinajstić information content (AvgIpc) is 3.43. The minimum Gasteiger partial charge on any atom is -0.497 e. The van der Waals surface area contributed by atoms with E-state index in [1.54, 1.807) is 43.8 Å². The van der Waals surface area contributed by atoms with Gasteiger partial charge in [-0.05, 0) is 43.4 Å². The van der Waals surface area contributed by atoms with Crippen molar-refractivity contribution in [2.45, 2.75) is 50.6 Å². The van der Waals surface area contributed by atoms with Crippen molar-refractivity contribution in [1.82, 2.24) is 19.6 Å². The molecule has 0 atom stereocenters. The minimum absolute atomic E-state index is 0.154. The van der Waals surface area contributed by atoms with Crippen LogP contribution in [0.1, 0.15) is 48.9 Å². The summed E-state index contributed by atoms with van der Waals surface area (Å²) in [6.07, 6.45) is 4.61. The first-order valence-electron chi connectivity index (χ1n) is 11.3. The van der Waals surface area contributed by atoms with E-state index in [4.69, 9.17) is 14.5 Å². The lowest BCUT2D eigenvalue weighted by molar-refractivity contribution is -0.113. The molecule has 1 amide bonds. The molecule has 0 spiro atoms. The number of benzene rings is 1. The van der Waals surface area contributed by atoms with Crippen LogP contribution in [0.4, 0.5) is 5.69 Å². The molecule has 0 radical (unpaired) electrons. The maximum atomic E-state index is 12.8. The molecule has 4 aromatic rings. The van der Waals surface area contributed by atoms with Gasteiger partial charge in [-0.25, -0.2) is 4.98 Å². The summed E-state index contributed by atoms with van der Waals surface area (Å²) in [7, 11) is 3.15. The number of thioether (sulfide) groups is 1. The fraction of sp³-hybridized carbons (Fsp3) is 0.417. The van der Waals surface area contributed by atoms with Crippen molar-refractivity contribution in [1.29, 1.82) is 0 Å². The van der Waals surface area contributed by atoms with E-state index in [2.05, 4.69) is 29.4 Å². The molecule has 0 fully saturated rings. The van der Waals surface area contributed by atoms with Gasteiger partial charge in [0.05, 0.1) is 31.0 Å². The molecule has 0 saturated heterocycles. The Morgan fingerprint density at radius 1 is 1.21 bits per heavy atom. The number of thiophene rings is 1. The van der Waals surface area contributed by atoms with E-state index in [-0.39, 0.29) is 17.6 Å². The number of carbonyl (C=O) groups excluding carboxylic acids is 1. The monoisotopic (exact) mass is 497 g/mol. The fourth-order valence-corrected chi connectivity index (χ4v) is 6.36. The zero-order valence-corrected chi connectivity index (χ0v) is 21.3. The maximum absolute atomic E-state index is 12.8. The number of nitrogens with zero attached hydrogens (tertiary/aromatic N) is 4. The third-order valence-corrected chi connectivity index (χ3v) is 8.10. The SMILES string of the molecule is COc1ccc(NC(=O)CSc2nnc3c4c5c(sc4nc(C(C)C)n23)CCCC5)c(OC)c1. The summed E-state index contributed by atoms with van der Waals surface area (Å²) in [5.74, 6) is 2.35. The molecule has 0 bridgehead atoms. The van der Waals surface area contributed by atoms with Crippen LogP contribution in [0.5, 0.6) is 11.5 Å². The quantitative estimate of drug-likeness (QED) is 0.356. The number of nitrogens with one attached hydrogen (secondary N) is 1. The number of methoxy groups -OCH3 is 2. The zero-order valence-electron chi connectivity index (χ0n) is 19.7. The van der Waals surface area contributed by atoms with Crippen LogP contribution >= 0.6 is 23.1 Å². The van der Waals surface area contributed by atoms with Gasteiger partial charge in [-0.2, -0.15) is 0 Å². The van der Waals surface area contributed by atoms with Gasteiger partial charge in [0.2, 0.25) is 5.91 Å². The highest BCUT2D eigenvalue weighted by atomic mass is 32.2. The van der Waals surface area contributed by atoms with Crippen molar-refractivity contribution < 1.29 is 14.3 Å². The molecule has 0 aliphatic heterocycles. The number of ether oxygens (including phenoxy) is 2. The number of carbonyl (C=O) groups is 1. The van der Waals surface area contributed by atoms with Gasteiger partial charge in [-0.1, -0.05) is 25.6 Å². The Kier molecular flexibility index (Phi) is 6.35. The predicted molar refractivity (Wildman–Crippen MR) is 136 cm³/mol. The number of aromatic nitrogens is 4. The highest BCUT2D eigenvalue weighted by Crippen LogP contribution is 2.39. The van der Waals surface area contributed by atoms with E-state index in [0.29, 0.717) is 22.3 Å². The summed E-state index contributed by atoms with van der Waals surface area (Å²) >= 11 is 3.16. The third kappa shape index (κ3) is 4.09. The van der Waals surface area contributed by atoms with E-state index < -0.39 is 0 Å². The average molecular weight is 498 g/mol. The van der Waals surface area contributed by atoms with Crippen LogP contribution < -0.4 is 14.8 Å². The molecule has 8 nitrogen and oxygen atoms in total. The second-order valence-corrected chi connectivity index (χ2v) is 10.6. The van der Waals surface area contributed by atoms with E-state index in [9.17, 15) is 4.79 Å². The van der Waals surface area contributed by atoms with Crippen molar-refractivity contribution in [3.63, 3.8) is 0 Å². The first-order valence-corrected chi connectivity index (χ1v) is 13.1. The van der Waals surface area contributed by atoms with E-state index in [1.165, 1.54) is 35.0 Å². The van der Waals surface area contributed by atoms with Crippen molar-refractivity contribution >= 4 is 50.6 Å². The second kappa shape index (κ2) is 9.42. The summed E-state index contributed by atoms with van der Waals surface area (Å²) in [6, 6.07) is 5.29. The molecule has 1 aliphatic rings. The Labute approximate surface area is 206 Å². The molecule has 1 aromatic carbocycles. The van der Waals surface area contributed by atoms with Crippen LogP contribution in [0.25, 0.3) is 15.9 Å². The summed E-state index contributed by atoms with van der Waals surface area (Å²) < 4.78 is 12.6. The third-order valence-electron chi connectivity index (χ3n) is 5.99. The number of amides is 1. The lowest BCUT2D eigenvalue weighted by atomic mass is 9.97. The van der Waals surface area contributed by atoms with Gasteiger partial charge in [-0.3, -0.25) is 9.20 Å². The van der Waals surface area contributed by atoms with Crippen LogP contribution in [0, 0.1) is 0 Å². The number of aryl methyl sites for hydroxylation is 2. The van der Waals surface area contributed by atoms with Gasteiger partial charge in [-0.15, -0.1) is 21.5 Å². The van der Waals surface area contributed by atoms with Crippen LogP contribution in [-0.4, -0.2) is 45.5 Å². The van der Waals surface area contributed by atoms with E-state index in [0.717, 1.165) is 34.5 Å². The van der Waals surface area contributed by atoms with Gasteiger partial charge >= 0.3 is 0 Å². The molecule has 1 N–H and O–H groups in total. The lowest BCUT2D eigenvalue weighted by Crippen LogP contribution is -2.15. The molecule has 1 aliphatic carbocycles. The van der Waals surface area contributed by atoms with E-state index in [1.807, 2.05) is 4.40 Å². The normalized spacial score (nSPS) is 13.4. The minimum atomic E-state index is -0.154. The van der Waals surface area contributed by atoms with Gasteiger partial charge in [0.15, 0.2) is 10.8 Å². The predicted octanol–water partition coefficient (Wildman–Crippen LogP) is 5.09. The van der Waals surface area contributed by atoms with Crippen LogP contribution in [0.15, 0.2) is 23.4 Å². The standard InChI is InChI=1S/C24H27N5O3S2/c1-13(2)21-26-23-20(15-7-5-6-8-18(15)34-23)22-27-28-24(29(21)22)33-12-19(30)25-16-10-9-14(31-3)11-17(16)32-4/h9-11,13H,5-8,12H2,1-4H3,(H,25,30). The van der Waals surface area contributed by atoms with Gasteiger partial charge in [0.1, 0.15) is 22.2 Å². The number of rotatable bonds is 7. The maximum Gasteiger partial charge on any atom is 0.234 e. The first-order chi connectivity index (χ1) is 16.5. The number of hydrogen-bond donors (Lipinski definition) is 1. The molecule has 178 valence electrons. The van der Waals surface area contributed by atoms with Crippen molar-refractivity contribution in [2.24, 2.45) is 0 Å². The summed E-state index contributed by atoms with van der Waals surface area (Å²) in [5, 5.41) is 13.8. The Hall–Kier alpha value is -2.85. The Bertz CT molecular complexity index is 1380. The Balaban J connectivity index is 1.44.